The first-order valence-corrected chi connectivity index (χ1v) is 8.20. The van der Waals surface area contributed by atoms with Crippen LogP contribution in [0.4, 0.5) is 0 Å². The van der Waals surface area contributed by atoms with Gasteiger partial charge in [-0.05, 0) is 26.2 Å². The Morgan fingerprint density at radius 3 is 2.81 bits per heavy atom. The molecule has 2 N–H and O–H groups in total. The fraction of sp³-hybridized carbons (Fsp3) is 0.667. The first kappa shape index (κ1) is 17.6. The number of methoxy groups -OCH3 is 1. The fourth-order valence-corrected chi connectivity index (χ4v) is 2.82. The summed E-state index contributed by atoms with van der Waals surface area (Å²) in [5.74, 6) is -0.716. The van der Waals surface area contributed by atoms with Crippen LogP contribution in [0, 0.1) is 0 Å². The summed E-state index contributed by atoms with van der Waals surface area (Å²) < 4.78 is 36.3. The van der Waals surface area contributed by atoms with E-state index in [-0.39, 0.29) is 23.7 Å². The minimum absolute atomic E-state index is 0.0938. The van der Waals surface area contributed by atoms with E-state index >= 15 is 0 Å². The van der Waals surface area contributed by atoms with Crippen molar-refractivity contribution >= 4 is 16.0 Å². The van der Waals surface area contributed by atoms with Crippen molar-refractivity contribution in [2.24, 2.45) is 0 Å². The van der Waals surface area contributed by atoms with Crippen LogP contribution < -0.4 is 4.72 Å². The van der Waals surface area contributed by atoms with Gasteiger partial charge in [-0.15, -0.1) is 0 Å². The average Bonchev–Trinajstić information content (AvgIpc) is 2.93. The van der Waals surface area contributed by atoms with Crippen LogP contribution in [0.2, 0.25) is 0 Å². The number of esters is 1. The van der Waals surface area contributed by atoms with E-state index < -0.39 is 16.0 Å². The van der Waals surface area contributed by atoms with Gasteiger partial charge in [0.2, 0.25) is 0 Å². The van der Waals surface area contributed by atoms with E-state index in [1.54, 1.807) is 14.0 Å². The molecule has 0 aliphatic rings. The molecule has 1 rings (SSSR count). The molecule has 0 saturated carbocycles. The lowest BCUT2D eigenvalue weighted by Gasteiger charge is -2.06. The highest BCUT2D eigenvalue weighted by molar-refractivity contribution is 7.89. The van der Waals surface area contributed by atoms with Crippen molar-refractivity contribution in [2.45, 2.75) is 31.2 Å². The third-order valence-corrected chi connectivity index (χ3v) is 4.12. The summed E-state index contributed by atoms with van der Waals surface area (Å²) in [6.07, 6.45) is 3.55. The van der Waals surface area contributed by atoms with E-state index in [0.29, 0.717) is 13.0 Å². The molecule has 0 bridgehead atoms. The molecule has 0 fully saturated rings. The summed E-state index contributed by atoms with van der Waals surface area (Å²) >= 11 is 0. The molecule has 8 nitrogen and oxygen atoms in total. The number of aromatic nitrogens is 2. The molecule has 21 heavy (non-hydrogen) atoms. The second kappa shape index (κ2) is 8.75. The molecule has 9 heteroatoms. The van der Waals surface area contributed by atoms with Gasteiger partial charge in [-0.25, -0.2) is 17.9 Å². The zero-order valence-corrected chi connectivity index (χ0v) is 13.0. The molecule has 0 saturated heterocycles. The van der Waals surface area contributed by atoms with Crippen LogP contribution in [0.5, 0.6) is 0 Å². The van der Waals surface area contributed by atoms with Crippen LogP contribution in [-0.2, 0) is 19.5 Å². The minimum Gasteiger partial charge on any atom is -0.462 e. The van der Waals surface area contributed by atoms with Crippen molar-refractivity contribution in [1.82, 2.24) is 14.9 Å². The van der Waals surface area contributed by atoms with E-state index in [1.165, 1.54) is 0 Å². The Hall–Kier alpha value is -1.45. The zero-order chi connectivity index (χ0) is 15.7. The molecule has 0 amide bonds. The van der Waals surface area contributed by atoms with E-state index in [0.717, 1.165) is 19.0 Å². The van der Waals surface area contributed by atoms with Gasteiger partial charge >= 0.3 is 5.97 Å². The van der Waals surface area contributed by atoms with Crippen molar-refractivity contribution in [3.63, 3.8) is 0 Å². The number of H-pyrrole nitrogens is 1. The zero-order valence-electron chi connectivity index (χ0n) is 12.2. The molecule has 0 aromatic carbocycles. The first-order chi connectivity index (χ1) is 10.0. The second-order valence-electron chi connectivity index (χ2n) is 4.28. The molecule has 0 aliphatic heterocycles. The van der Waals surface area contributed by atoms with Crippen LogP contribution in [0.3, 0.4) is 0 Å². The number of nitrogens with zero attached hydrogens (tertiary/aromatic N) is 1. The van der Waals surface area contributed by atoms with Crippen molar-refractivity contribution < 1.29 is 22.7 Å². The minimum atomic E-state index is -3.80. The summed E-state index contributed by atoms with van der Waals surface area (Å²) in [4.78, 5) is 11.6. The number of hydrogen-bond donors (Lipinski definition) is 2. The van der Waals surface area contributed by atoms with Gasteiger partial charge in [0.05, 0.1) is 12.8 Å². The molecular formula is C12H21N3O5S. The van der Waals surface area contributed by atoms with Crippen molar-refractivity contribution in [3.05, 3.63) is 11.8 Å². The fourth-order valence-electron chi connectivity index (χ4n) is 1.66. The highest BCUT2D eigenvalue weighted by atomic mass is 32.2. The topological polar surface area (TPSA) is 110 Å². The Balaban J connectivity index is 2.59. The largest absolute Gasteiger partial charge is 0.462 e. The number of unbranched alkanes of at least 4 members (excludes halogenated alkanes) is 2. The molecule has 1 heterocycles. The monoisotopic (exact) mass is 319 g/mol. The molecule has 0 atom stereocenters. The third-order valence-electron chi connectivity index (χ3n) is 2.69. The lowest BCUT2D eigenvalue weighted by molar-refractivity contribution is 0.0522. The van der Waals surface area contributed by atoms with E-state index in [9.17, 15) is 13.2 Å². The number of aromatic amines is 1. The molecule has 1 aromatic rings. The number of carbonyl (C=O) groups excluding carboxylic acids is 1. The van der Waals surface area contributed by atoms with Gasteiger partial charge in [-0.2, -0.15) is 5.10 Å². The quantitative estimate of drug-likeness (QED) is 0.485. The van der Waals surface area contributed by atoms with Crippen LogP contribution in [0.25, 0.3) is 0 Å². The van der Waals surface area contributed by atoms with Gasteiger partial charge < -0.3 is 9.47 Å². The Morgan fingerprint density at radius 1 is 1.38 bits per heavy atom. The highest BCUT2D eigenvalue weighted by Crippen LogP contribution is 2.13. The molecule has 120 valence electrons. The first-order valence-electron chi connectivity index (χ1n) is 6.72. The lowest BCUT2D eigenvalue weighted by atomic mass is 10.2. The van der Waals surface area contributed by atoms with Gasteiger partial charge in [0.1, 0.15) is 5.56 Å². The second-order valence-corrected chi connectivity index (χ2v) is 5.99. The molecule has 0 radical (unpaired) electrons. The maximum absolute atomic E-state index is 12.1. The molecule has 0 aliphatic carbocycles. The van der Waals surface area contributed by atoms with E-state index in [1.807, 2.05) is 0 Å². The molecule has 0 spiro atoms. The summed E-state index contributed by atoms with van der Waals surface area (Å²) in [5, 5.41) is 5.66. The Morgan fingerprint density at radius 2 is 2.14 bits per heavy atom. The van der Waals surface area contributed by atoms with E-state index in [2.05, 4.69) is 14.9 Å². The van der Waals surface area contributed by atoms with Gasteiger partial charge in [-0.1, -0.05) is 0 Å². The Kier molecular flexibility index (Phi) is 7.34. The number of ether oxygens (including phenoxy) is 2. The smallest absolute Gasteiger partial charge is 0.342 e. The highest BCUT2D eigenvalue weighted by Gasteiger charge is 2.25. The van der Waals surface area contributed by atoms with Gasteiger partial charge in [0.15, 0.2) is 5.03 Å². The number of rotatable bonds is 10. The normalized spacial score (nSPS) is 11.5. The predicted molar refractivity (Wildman–Crippen MR) is 75.5 cm³/mol. The van der Waals surface area contributed by atoms with Crippen molar-refractivity contribution in [2.75, 3.05) is 26.9 Å². The SMILES string of the molecule is CCOC(=O)c1cn[nH]c1S(=O)(=O)NCCCCCOC. The van der Waals surface area contributed by atoms with Crippen LogP contribution >= 0.6 is 0 Å². The van der Waals surface area contributed by atoms with Crippen LogP contribution in [-0.4, -0.2) is 51.5 Å². The molecule has 1 aromatic heterocycles. The summed E-state index contributed by atoms with van der Waals surface area (Å²) in [7, 11) is -2.18. The number of nitrogens with one attached hydrogen (secondary N) is 2. The third kappa shape index (κ3) is 5.44. The molecular weight excluding hydrogens is 298 g/mol. The number of hydrogen-bond acceptors (Lipinski definition) is 6. The Labute approximate surface area is 124 Å². The van der Waals surface area contributed by atoms with Crippen LogP contribution in [0.15, 0.2) is 11.2 Å². The van der Waals surface area contributed by atoms with Crippen LogP contribution in [0.1, 0.15) is 36.5 Å². The van der Waals surface area contributed by atoms with Gasteiger partial charge in [-0.3, -0.25) is 5.10 Å². The number of carbonyl (C=O) groups is 1. The predicted octanol–water partition coefficient (Wildman–Crippen LogP) is 0.681. The van der Waals surface area contributed by atoms with Gasteiger partial charge in [0.25, 0.3) is 10.0 Å². The summed E-state index contributed by atoms with van der Waals surface area (Å²) in [6.45, 7) is 2.74. The lowest BCUT2D eigenvalue weighted by Crippen LogP contribution is -2.27. The maximum atomic E-state index is 12.1. The number of sulfonamides is 1. The maximum Gasteiger partial charge on any atom is 0.342 e. The standard InChI is InChI=1S/C12H21N3O5S/c1-3-20-12(16)10-9-13-15-11(10)21(17,18)14-7-5-4-6-8-19-2/h9,14H,3-8H2,1-2H3,(H,13,15). The van der Waals surface area contributed by atoms with Gasteiger partial charge in [0, 0.05) is 20.3 Å². The summed E-state index contributed by atoms with van der Waals surface area (Å²) in [5.41, 5.74) is -0.0938. The molecule has 0 unspecified atom stereocenters. The average molecular weight is 319 g/mol. The summed E-state index contributed by atoms with van der Waals surface area (Å²) in [6, 6.07) is 0. The van der Waals surface area contributed by atoms with Crippen molar-refractivity contribution in [1.29, 1.82) is 0 Å². The van der Waals surface area contributed by atoms with Crippen molar-refractivity contribution in [3.8, 4) is 0 Å². The Bertz CT molecular complexity index is 541. The van der Waals surface area contributed by atoms with E-state index in [4.69, 9.17) is 9.47 Å².